The zero-order valence-corrected chi connectivity index (χ0v) is 10.3. The molecule has 0 aliphatic heterocycles. The minimum Gasteiger partial charge on any atom is -0.377 e. The molecule has 0 aliphatic rings. The number of anilines is 1. The van der Waals surface area contributed by atoms with Crippen LogP contribution in [0.3, 0.4) is 0 Å². The third-order valence-corrected chi connectivity index (χ3v) is 2.29. The van der Waals surface area contributed by atoms with Crippen molar-refractivity contribution < 1.29 is 14.1 Å². The van der Waals surface area contributed by atoms with E-state index in [-0.39, 0.29) is 18.2 Å². The average molecular weight is 268 g/mol. The monoisotopic (exact) mass is 267 g/mol. The molecule has 0 spiro atoms. The Morgan fingerprint density at radius 2 is 2.39 bits per heavy atom. The molecule has 18 heavy (non-hydrogen) atoms. The molecule has 2 rings (SSSR count). The van der Waals surface area contributed by atoms with Crippen LogP contribution in [0.4, 0.5) is 5.69 Å². The predicted octanol–water partition coefficient (Wildman–Crippen LogP) is 2.12. The Labute approximate surface area is 108 Å². The number of hydrogen-bond acceptors (Lipinski definition) is 5. The van der Waals surface area contributed by atoms with Crippen LogP contribution in [0.1, 0.15) is 16.2 Å². The number of carbonyl (C=O) groups is 1. The summed E-state index contributed by atoms with van der Waals surface area (Å²) in [6, 6.07) is 4.74. The van der Waals surface area contributed by atoms with Gasteiger partial charge in [-0.1, -0.05) is 16.8 Å². The number of nitrogens with one attached hydrogen (secondary N) is 1. The van der Waals surface area contributed by atoms with Crippen LogP contribution in [-0.4, -0.2) is 23.2 Å². The number of aromatic nitrogens is 2. The second kappa shape index (κ2) is 5.61. The largest absolute Gasteiger partial charge is 0.377 e. The van der Waals surface area contributed by atoms with Crippen molar-refractivity contribution >= 4 is 23.2 Å². The van der Waals surface area contributed by atoms with E-state index in [9.17, 15) is 4.79 Å². The molecule has 1 N–H and O–H groups in total. The number of amides is 1. The first-order valence-corrected chi connectivity index (χ1v) is 5.44. The summed E-state index contributed by atoms with van der Waals surface area (Å²) in [4.78, 5) is 15.6. The Morgan fingerprint density at radius 1 is 1.56 bits per heavy atom. The van der Waals surface area contributed by atoms with E-state index < -0.39 is 0 Å². The van der Waals surface area contributed by atoms with Gasteiger partial charge < -0.3 is 14.6 Å². The fourth-order valence-corrected chi connectivity index (χ4v) is 1.39. The van der Waals surface area contributed by atoms with Crippen molar-refractivity contribution in [2.75, 3.05) is 12.4 Å². The lowest BCUT2D eigenvalue weighted by Crippen LogP contribution is -2.12. The third kappa shape index (κ3) is 3.06. The van der Waals surface area contributed by atoms with Crippen LogP contribution in [0.25, 0.3) is 0 Å². The van der Waals surface area contributed by atoms with Crippen LogP contribution in [0.2, 0.25) is 5.15 Å². The second-order valence-corrected chi connectivity index (χ2v) is 3.82. The van der Waals surface area contributed by atoms with Crippen molar-refractivity contribution in [2.24, 2.45) is 0 Å². The van der Waals surface area contributed by atoms with Gasteiger partial charge in [-0.25, -0.2) is 4.98 Å². The van der Waals surface area contributed by atoms with Gasteiger partial charge in [-0.15, -0.1) is 0 Å². The summed E-state index contributed by atoms with van der Waals surface area (Å²) in [5.74, 6) is 0.0992. The smallest absolute Gasteiger partial charge is 0.277 e. The normalized spacial score (nSPS) is 10.3. The number of ether oxygens (including phenoxy) is 1. The lowest BCUT2D eigenvalue weighted by molar-refractivity contribution is 0.101. The summed E-state index contributed by atoms with van der Waals surface area (Å²) in [6.45, 7) is 0.267. The Hall–Kier alpha value is -1.92. The zero-order valence-electron chi connectivity index (χ0n) is 9.51. The van der Waals surface area contributed by atoms with E-state index in [2.05, 4.69) is 15.5 Å². The highest BCUT2D eigenvalue weighted by Crippen LogP contribution is 2.12. The average Bonchev–Trinajstić information content (AvgIpc) is 2.81. The molecule has 2 aromatic rings. The molecule has 0 aliphatic carbocycles. The molecule has 0 bridgehead atoms. The summed E-state index contributed by atoms with van der Waals surface area (Å²) in [5, 5.41) is 6.61. The molecular formula is C11H10ClN3O3. The molecule has 94 valence electrons. The van der Waals surface area contributed by atoms with Gasteiger partial charge in [0, 0.05) is 13.2 Å². The predicted molar refractivity (Wildman–Crippen MR) is 64.4 cm³/mol. The van der Waals surface area contributed by atoms with Gasteiger partial charge in [0.1, 0.15) is 11.8 Å². The molecule has 0 fully saturated rings. The van der Waals surface area contributed by atoms with Gasteiger partial charge in [0.25, 0.3) is 5.91 Å². The summed E-state index contributed by atoms with van der Waals surface area (Å²) < 4.78 is 9.77. The van der Waals surface area contributed by atoms with Crippen molar-refractivity contribution in [1.29, 1.82) is 0 Å². The molecule has 0 saturated carbocycles. The number of nitrogens with zero attached hydrogens (tertiary/aromatic N) is 2. The molecule has 0 atom stereocenters. The second-order valence-electron chi connectivity index (χ2n) is 3.44. The highest BCUT2D eigenvalue weighted by Gasteiger charge is 2.12. The molecule has 0 unspecified atom stereocenters. The first kappa shape index (κ1) is 12.5. The Balaban J connectivity index is 2.04. The number of pyridine rings is 1. The van der Waals surface area contributed by atoms with Gasteiger partial charge in [-0.3, -0.25) is 4.79 Å². The molecule has 0 radical (unpaired) electrons. The number of halogens is 1. The number of carbonyl (C=O) groups excluding carboxylic acids is 1. The maximum atomic E-state index is 11.8. The van der Waals surface area contributed by atoms with Crippen LogP contribution < -0.4 is 5.32 Å². The quantitative estimate of drug-likeness (QED) is 0.859. The van der Waals surface area contributed by atoms with E-state index in [1.165, 1.54) is 19.4 Å². The van der Waals surface area contributed by atoms with E-state index >= 15 is 0 Å². The summed E-state index contributed by atoms with van der Waals surface area (Å²) in [5.41, 5.74) is 0.706. The Bertz CT molecular complexity index is 539. The third-order valence-electron chi connectivity index (χ3n) is 2.06. The van der Waals surface area contributed by atoms with Gasteiger partial charge in [-0.05, 0) is 12.1 Å². The van der Waals surface area contributed by atoms with Crippen LogP contribution in [0.15, 0.2) is 28.9 Å². The van der Waals surface area contributed by atoms with E-state index in [0.717, 1.165) is 0 Å². The van der Waals surface area contributed by atoms with Crippen LogP contribution in [0, 0.1) is 0 Å². The van der Waals surface area contributed by atoms with Gasteiger partial charge in [0.05, 0.1) is 11.9 Å². The highest BCUT2D eigenvalue weighted by atomic mass is 35.5. The van der Waals surface area contributed by atoms with Crippen molar-refractivity contribution in [2.45, 2.75) is 6.61 Å². The van der Waals surface area contributed by atoms with Crippen LogP contribution in [0.5, 0.6) is 0 Å². The van der Waals surface area contributed by atoms with Crippen molar-refractivity contribution in [3.8, 4) is 0 Å². The highest BCUT2D eigenvalue weighted by molar-refractivity contribution is 6.29. The Morgan fingerprint density at radius 3 is 3.06 bits per heavy atom. The molecule has 0 aromatic carbocycles. The molecule has 2 heterocycles. The van der Waals surface area contributed by atoms with E-state index in [0.29, 0.717) is 16.6 Å². The standard InChI is InChI=1S/C11H10ClN3O3/c1-17-6-8-4-9(15-18-8)11(16)14-7-2-3-10(12)13-5-7/h2-5H,6H2,1H3,(H,14,16). The van der Waals surface area contributed by atoms with Crippen LogP contribution >= 0.6 is 11.6 Å². The van der Waals surface area contributed by atoms with Crippen LogP contribution in [-0.2, 0) is 11.3 Å². The molecule has 6 nitrogen and oxygen atoms in total. The van der Waals surface area contributed by atoms with Crippen molar-refractivity contribution in [3.05, 3.63) is 41.0 Å². The molecule has 2 aromatic heterocycles. The lowest BCUT2D eigenvalue weighted by Gasteiger charge is -2.01. The van der Waals surface area contributed by atoms with Crippen molar-refractivity contribution in [1.82, 2.24) is 10.1 Å². The summed E-state index contributed by atoms with van der Waals surface area (Å²) in [7, 11) is 1.53. The maximum absolute atomic E-state index is 11.8. The minimum atomic E-state index is -0.384. The molecule has 7 heteroatoms. The van der Waals surface area contributed by atoms with Crippen molar-refractivity contribution in [3.63, 3.8) is 0 Å². The van der Waals surface area contributed by atoms with E-state index in [1.54, 1.807) is 12.1 Å². The maximum Gasteiger partial charge on any atom is 0.277 e. The fourth-order valence-electron chi connectivity index (χ4n) is 1.28. The molecule has 1 amide bonds. The first-order valence-electron chi connectivity index (χ1n) is 5.06. The van der Waals surface area contributed by atoms with Gasteiger partial charge in [-0.2, -0.15) is 0 Å². The summed E-state index contributed by atoms with van der Waals surface area (Å²) in [6.07, 6.45) is 1.45. The van der Waals surface area contributed by atoms with E-state index in [4.69, 9.17) is 20.9 Å². The number of methoxy groups -OCH3 is 1. The minimum absolute atomic E-state index is 0.178. The topological polar surface area (TPSA) is 77.2 Å². The summed E-state index contributed by atoms with van der Waals surface area (Å²) >= 11 is 5.64. The number of rotatable bonds is 4. The molecular weight excluding hydrogens is 258 g/mol. The van der Waals surface area contributed by atoms with Gasteiger partial charge in [0.15, 0.2) is 11.5 Å². The molecule has 0 saturated heterocycles. The van der Waals surface area contributed by atoms with E-state index in [1.807, 2.05) is 0 Å². The van der Waals surface area contributed by atoms with Gasteiger partial charge >= 0.3 is 0 Å². The zero-order chi connectivity index (χ0) is 13.0. The van der Waals surface area contributed by atoms with Gasteiger partial charge in [0.2, 0.25) is 0 Å². The first-order chi connectivity index (χ1) is 8.69. The fraction of sp³-hybridized carbons (Fsp3) is 0.182. The lowest BCUT2D eigenvalue weighted by atomic mass is 10.3. The SMILES string of the molecule is COCc1cc(C(=O)Nc2ccc(Cl)nc2)no1. The number of hydrogen-bond donors (Lipinski definition) is 1. The Kier molecular flexibility index (Phi) is 3.91.